The minimum absolute atomic E-state index is 0.116. The summed E-state index contributed by atoms with van der Waals surface area (Å²) in [6.07, 6.45) is 0.485. The maximum atomic E-state index is 12.4. The number of carbonyl (C=O) groups is 1. The number of nitro benzene ring substituents is 1. The van der Waals surface area contributed by atoms with Crippen molar-refractivity contribution in [2.75, 3.05) is 13.1 Å². The number of nitrogens with zero attached hydrogens (tertiary/aromatic N) is 2. The van der Waals surface area contributed by atoms with Crippen molar-refractivity contribution in [1.82, 2.24) is 4.90 Å². The standard InChI is InChI=1S/C13H16N2O4/c1-9-4-3-5-10(15(18)19)11(9)12(16)14-7-6-13(2,17)8-14/h3-5,17H,6-8H2,1-2H3. The van der Waals surface area contributed by atoms with Gasteiger partial charge in [0.05, 0.1) is 10.5 Å². The molecule has 0 saturated carbocycles. The highest BCUT2D eigenvalue weighted by molar-refractivity contribution is 5.99. The minimum atomic E-state index is -0.910. The summed E-state index contributed by atoms with van der Waals surface area (Å²) in [5.74, 6) is -0.387. The molecular weight excluding hydrogens is 248 g/mol. The smallest absolute Gasteiger partial charge is 0.282 e. The molecule has 1 aliphatic rings. The monoisotopic (exact) mass is 264 g/mol. The molecule has 6 heteroatoms. The Morgan fingerprint density at radius 1 is 1.53 bits per heavy atom. The Morgan fingerprint density at radius 2 is 2.21 bits per heavy atom. The second-order valence-electron chi connectivity index (χ2n) is 5.20. The van der Waals surface area contributed by atoms with Crippen LogP contribution in [0.5, 0.6) is 0 Å². The fourth-order valence-electron chi connectivity index (χ4n) is 2.36. The molecule has 19 heavy (non-hydrogen) atoms. The fraction of sp³-hybridized carbons (Fsp3) is 0.462. The Kier molecular flexibility index (Phi) is 3.28. The van der Waals surface area contributed by atoms with E-state index in [1.54, 1.807) is 26.0 Å². The Labute approximate surface area is 110 Å². The van der Waals surface area contributed by atoms with Crippen molar-refractivity contribution in [2.45, 2.75) is 25.9 Å². The number of carbonyl (C=O) groups excluding carboxylic acids is 1. The molecule has 1 heterocycles. The van der Waals surface area contributed by atoms with Gasteiger partial charge in [-0.3, -0.25) is 14.9 Å². The molecule has 0 spiro atoms. The summed E-state index contributed by atoms with van der Waals surface area (Å²) in [6.45, 7) is 3.95. The number of hydrogen-bond acceptors (Lipinski definition) is 4. The van der Waals surface area contributed by atoms with Crippen LogP contribution in [0.2, 0.25) is 0 Å². The average molecular weight is 264 g/mol. The normalized spacial score (nSPS) is 22.6. The first kappa shape index (κ1) is 13.5. The quantitative estimate of drug-likeness (QED) is 0.648. The van der Waals surface area contributed by atoms with E-state index in [1.807, 2.05) is 0 Å². The van der Waals surface area contributed by atoms with E-state index >= 15 is 0 Å². The van der Waals surface area contributed by atoms with Crippen molar-refractivity contribution in [3.05, 3.63) is 39.4 Å². The first-order chi connectivity index (χ1) is 8.82. The van der Waals surface area contributed by atoms with Crippen LogP contribution in [0.15, 0.2) is 18.2 Å². The van der Waals surface area contributed by atoms with Gasteiger partial charge in [-0.05, 0) is 25.8 Å². The second-order valence-corrected chi connectivity index (χ2v) is 5.20. The van der Waals surface area contributed by atoms with E-state index in [4.69, 9.17) is 0 Å². The number of benzene rings is 1. The van der Waals surface area contributed by atoms with Crippen LogP contribution in [0, 0.1) is 17.0 Å². The molecule has 0 aliphatic carbocycles. The molecule has 1 aromatic rings. The molecule has 102 valence electrons. The van der Waals surface area contributed by atoms with Gasteiger partial charge in [0.1, 0.15) is 5.56 Å². The van der Waals surface area contributed by atoms with Crippen LogP contribution in [0.3, 0.4) is 0 Å². The van der Waals surface area contributed by atoms with E-state index in [-0.39, 0.29) is 23.7 Å². The molecule has 1 fully saturated rings. The highest BCUT2D eigenvalue weighted by atomic mass is 16.6. The SMILES string of the molecule is Cc1cccc([N+](=O)[O-])c1C(=O)N1CCC(C)(O)C1. The zero-order chi connectivity index (χ0) is 14.2. The van der Waals surface area contributed by atoms with E-state index in [0.29, 0.717) is 18.5 Å². The molecule has 0 aromatic heterocycles. The van der Waals surface area contributed by atoms with Crippen molar-refractivity contribution >= 4 is 11.6 Å². The molecule has 1 aromatic carbocycles. The van der Waals surface area contributed by atoms with Crippen LogP contribution < -0.4 is 0 Å². The lowest BCUT2D eigenvalue weighted by atomic mass is 10.1. The number of nitro groups is 1. The van der Waals surface area contributed by atoms with Crippen LogP contribution >= 0.6 is 0 Å². The topological polar surface area (TPSA) is 83.7 Å². The molecular formula is C13H16N2O4. The highest BCUT2D eigenvalue weighted by Crippen LogP contribution is 2.27. The molecule has 1 saturated heterocycles. The van der Waals surface area contributed by atoms with Gasteiger partial charge in [0.2, 0.25) is 0 Å². The zero-order valence-corrected chi connectivity index (χ0v) is 10.9. The number of hydrogen-bond donors (Lipinski definition) is 1. The number of likely N-dealkylation sites (tertiary alicyclic amines) is 1. The molecule has 1 aliphatic heterocycles. The van der Waals surface area contributed by atoms with Crippen LogP contribution in [-0.2, 0) is 0 Å². The van der Waals surface area contributed by atoms with Gasteiger partial charge in [-0.2, -0.15) is 0 Å². The number of aryl methyl sites for hydroxylation is 1. The molecule has 1 atom stereocenters. The number of aliphatic hydroxyl groups is 1. The Hall–Kier alpha value is -1.95. The van der Waals surface area contributed by atoms with Crippen molar-refractivity contribution in [1.29, 1.82) is 0 Å². The van der Waals surface area contributed by atoms with E-state index < -0.39 is 10.5 Å². The summed E-state index contributed by atoms with van der Waals surface area (Å²) in [7, 11) is 0. The Balaban J connectivity index is 2.37. The van der Waals surface area contributed by atoms with Gasteiger partial charge in [0.25, 0.3) is 11.6 Å². The Morgan fingerprint density at radius 3 is 2.74 bits per heavy atom. The lowest BCUT2D eigenvalue weighted by Crippen LogP contribution is -2.34. The van der Waals surface area contributed by atoms with Gasteiger partial charge in [-0.25, -0.2) is 0 Å². The van der Waals surface area contributed by atoms with Crippen molar-refractivity contribution < 1.29 is 14.8 Å². The molecule has 0 radical (unpaired) electrons. The lowest BCUT2D eigenvalue weighted by molar-refractivity contribution is -0.385. The van der Waals surface area contributed by atoms with Gasteiger partial charge in [0, 0.05) is 19.2 Å². The van der Waals surface area contributed by atoms with E-state index in [1.165, 1.54) is 11.0 Å². The first-order valence-electron chi connectivity index (χ1n) is 6.07. The van der Waals surface area contributed by atoms with Crippen LogP contribution in [-0.4, -0.2) is 39.5 Å². The van der Waals surface area contributed by atoms with Crippen LogP contribution in [0.25, 0.3) is 0 Å². The fourth-order valence-corrected chi connectivity index (χ4v) is 2.36. The van der Waals surface area contributed by atoms with E-state index in [2.05, 4.69) is 0 Å². The molecule has 1 amide bonds. The third-order valence-electron chi connectivity index (χ3n) is 3.40. The predicted molar refractivity (Wildman–Crippen MR) is 69.0 cm³/mol. The van der Waals surface area contributed by atoms with Crippen molar-refractivity contribution in [2.24, 2.45) is 0 Å². The number of amides is 1. The van der Waals surface area contributed by atoms with E-state index in [9.17, 15) is 20.0 Å². The summed E-state index contributed by atoms with van der Waals surface area (Å²) in [4.78, 5) is 24.3. The highest BCUT2D eigenvalue weighted by Gasteiger charge is 2.36. The van der Waals surface area contributed by atoms with E-state index in [0.717, 1.165) is 0 Å². The molecule has 0 bridgehead atoms. The van der Waals surface area contributed by atoms with Gasteiger partial charge < -0.3 is 10.0 Å². The second kappa shape index (κ2) is 4.62. The Bertz CT molecular complexity index is 539. The van der Waals surface area contributed by atoms with Gasteiger partial charge in [0.15, 0.2) is 0 Å². The van der Waals surface area contributed by atoms with Crippen molar-refractivity contribution in [3.8, 4) is 0 Å². The van der Waals surface area contributed by atoms with Crippen LogP contribution in [0.4, 0.5) is 5.69 Å². The third-order valence-corrected chi connectivity index (χ3v) is 3.40. The van der Waals surface area contributed by atoms with Gasteiger partial charge in [-0.15, -0.1) is 0 Å². The van der Waals surface area contributed by atoms with Crippen molar-refractivity contribution in [3.63, 3.8) is 0 Å². The maximum absolute atomic E-state index is 12.4. The lowest BCUT2D eigenvalue weighted by Gasteiger charge is -2.19. The maximum Gasteiger partial charge on any atom is 0.282 e. The molecule has 1 unspecified atom stereocenters. The molecule has 2 rings (SSSR count). The third kappa shape index (κ3) is 2.58. The largest absolute Gasteiger partial charge is 0.388 e. The molecule has 1 N–H and O–H groups in total. The summed E-state index contributed by atoms with van der Waals surface area (Å²) in [6, 6.07) is 4.56. The minimum Gasteiger partial charge on any atom is -0.388 e. The van der Waals surface area contributed by atoms with Crippen LogP contribution in [0.1, 0.15) is 29.3 Å². The molecule has 6 nitrogen and oxygen atoms in total. The van der Waals surface area contributed by atoms with Gasteiger partial charge in [-0.1, -0.05) is 12.1 Å². The van der Waals surface area contributed by atoms with Gasteiger partial charge >= 0.3 is 0 Å². The first-order valence-corrected chi connectivity index (χ1v) is 6.07. The zero-order valence-electron chi connectivity index (χ0n) is 10.9. The number of β-amino-alcohol motifs (C(OH)–C–C–N with tert-alkyl or cyclic N) is 1. The summed E-state index contributed by atoms with van der Waals surface area (Å²) in [5.41, 5.74) is -0.403. The predicted octanol–water partition coefficient (Wildman–Crippen LogP) is 1.50. The summed E-state index contributed by atoms with van der Waals surface area (Å²) in [5, 5.41) is 20.9. The summed E-state index contributed by atoms with van der Waals surface area (Å²) < 4.78 is 0. The summed E-state index contributed by atoms with van der Waals surface area (Å²) >= 11 is 0. The number of rotatable bonds is 2. The average Bonchev–Trinajstić information content (AvgIpc) is 2.68.